The van der Waals surface area contributed by atoms with Crippen LogP contribution < -0.4 is 15.5 Å². The summed E-state index contributed by atoms with van der Waals surface area (Å²) < 4.78 is 38.9. The molecule has 0 unspecified atom stereocenters. The van der Waals surface area contributed by atoms with Gasteiger partial charge in [-0.25, -0.2) is 0 Å². The first-order valence-corrected chi connectivity index (χ1v) is 12.0. The van der Waals surface area contributed by atoms with Crippen LogP contribution in [-0.4, -0.2) is 42.3 Å². The molecule has 2 aliphatic rings. The third-order valence-corrected chi connectivity index (χ3v) is 6.92. The first-order valence-electron chi connectivity index (χ1n) is 12.0. The van der Waals surface area contributed by atoms with Crippen LogP contribution in [-0.2, 0) is 6.18 Å². The maximum Gasteiger partial charge on any atom is 0.416 e. The number of rotatable bonds is 6. The quantitative estimate of drug-likeness (QED) is 0.537. The van der Waals surface area contributed by atoms with Crippen molar-refractivity contribution in [3.8, 4) is 0 Å². The van der Waals surface area contributed by atoms with Gasteiger partial charge in [0.05, 0.1) is 11.2 Å². The summed E-state index contributed by atoms with van der Waals surface area (Å²) in [6.07, 6.45) is 2.56. The Labute approximate surface area is 198 Å². The van der Waals surface area contributed by atoms with Crippen LogP contribution in [0.4, 0.5) is 24.5 Å². The zero-order valence-electron chi connectivity index (χ0n) is 19.2. The summed E-state index contributed by atoms with van der Waals surface area (Å²) in [7, 11) is 0. The van der Waals surface area contributed by atoms with Gasteiger partial charge in [-0.15, -0.1) is 0 Å². The number of nitrogens with one attached hydrogen (secondary N) is 2. The van der Waals surface area contributed by atoms with E-state index in [1.165, 1.54) is 18.6 Å². The number of hydrogen-bond acceptors (Lipinski definition) is 4. The molecule has 2 aromatic carbocycles. The van der Waals surface area contributed by atoms with Crippen LogP contribution in [0.2, 0.25) is 0 Å². The normalized spacial score (nSPS) is 19.1. The van der Waals surface area contributed by atoms with E-state index in [1.807, 2.05) is 18.2 Å². The molecule has 1 heterocycles. The monoisotopic (exact) mass is 475 g/mol. The Bertz CT molecular complexity index is 981. The van der Waals surface area contributed by atoms with E-state index in [9.17, 15) is 23.1 Å². The highest BCUT2D eigenvalue weighted by Gasteiger charge is 2.31. The molecule has 2 aromatic rings. The van der Waals surface area contributed by atoms with E-state index < -0.39 is 23.2 Å². The number of carbonyl (C=O) groups is 1. The molecular formula is C26H32F3N3O2. The molecule has 0 spiro atoms. The second-order valence-electron chi connectivity index (χ2n) is 9.51. The van der Waals surface area contributed by atoms with Crippen molar-refractivity contribution >= 4 is 17.3 Å². The minimum Gasteiger partial charge on any atom is -0.389 e. The smallest absolute Gasteiger partial charge is 0.389 e. The zero-order chi connectivity index (χ0) is 24.2. The summed E-state index contributed by atoms with van der Waals surface area (Å²) in [4.78, 5) is 14.8. The largest absolute Gasteiger partial charge is 0.416 e. The van der Waals surface area contributed by atoms with E-state index in [-0.39, 0.29) is 5.56 Å². The van der Waals surface area contributed by atoms with Crippen molar-refractivity contribution in [2.75, 3.05) is 29.9 Å². The summed E-state index contributed by atoms with van der Waals surface area (Å²) in [6.45, 7) is 2.34. The number of alkyl halides is 3. The van der Waals surface area contributed by atoms with Crippen molar-refractivity contribution in [3.05, 3.63) is 59.7 Å². The molecule has 0 radical (unpaired) electrons. The minimum absolute atomic E-state index is 0.0354. The van der Waals surface area contributed by atoms with Gasteiger partial charge in [0, 0.05) is 42.6 Å². The van der Waals surface area contributed by atoms with Crippen LogP contribution in [0.25, 0.3) is 0 Å². The van der Waals surface area contributed by atoms with Gasteiger partial charge in [-0.05, 0) is 62.1 Å². The predicted molar refractivity (Wildman–Crippen MR) is 127 cm³/mol. The number of anilines is 2. The Morgan fingerprint density at radius 3 is 2.44 bits per heavy atom. The van der Waals surface area contributed by atoms with Crippen LogP contribution in [0.3, 0.4) is 0 Å². The van der Waals surface area contributed by atoms with Crippen molar-refractivity contribution in [2.24, 2.45) is 0 Å². The van der Waals surface area contributed by atoms with Gasteiger partial charge in [-0.3, -0.25) is 4.79 Å². The van der Waals surface area contributed by atoms with E-state index in [2.05, 4.69) is 15.5 Å². The maximum atomic E-state index is 13.0. The number of halogens is 3. The number of nitrogens with zero attached hydrogens (tertiary/aromatic N) is 1. The number of hydrogen-bond donors (Lipinski definition) is 3. The third-order valence-electron chi connectivity index (χ3n) is 6.92. The molecule has 5 nitrogen and oxygen atoms in total. The van der Waals surface area contributed by atoms with Gasteiger partial charge in [0.15, 0.2) is 0 Å². The average Bonchev–Trinajstić information content (AvgIpc) is 2.83. The highest BCUT2D eigenvalue weighted by molar-refractivity contribution is 6.04. The van der Waals surface area contributed by atoms with Gasteiger partial charge in [-0.1, -0.05) is 31.4 Å². The highest BCUT2D eigenvalue weighted by atomic mass is 19.4. The Morgan fingerprint density at radius 2 is 1.74 bits per heavy atom. The molecule has 1 aliphatic heterocycles. The molecule has 3 N–H and O–H groups in total. The van der Waals surface area contributed by atoms with E-state index in [1.54, 1.807) is 6.07 Å². The lowest BCUT2D eigenvalue weighted by atomic mass is 9.84. The SMILES string of the molecule is O=C(Nc1cccc(N2CCC(NCC3(O)CCCCC3)CC2)c1)c1cccc(C(F)(F)F)c1. The van der Waals surface area contributed by atoms with Crippen LogP contribution in [0, 0.1) is 0 Å². The highest BCUT2D eigenvalue weighted by Crippen LogP contribution is 2.30. The second-order valence-corrected chi connectivity index (χ2v) is 9.51. The molecular weight excluding hydrogens is 443 g/mol. The van der Waals surface area contributed by atoms with Crippen LogP contribution in [0.5, 0.6) is 0 Å². The summed E-state index contributed by atoms with van der Waals surface area (Å²) in [5, 5.41) is 17.0. The lowest BCUT2D eigenvalue weighted by Gasteiger charge is -2.37. The van der Waals surface area contributed by atoms with Gasteiger partial charge in [0.25, 0.3) is 5.91 Å². The molecule has 184 valence electrons. The van der Waals surface area contributed by atoms with Crippen molar-refractivity contribution < 1.29 is 23.1 Å². The molecule has 0 bridgehead atoms. The van der Waals surface area contributed by atoms with E-state index in [4.69, 9.17) is 0 Å². The molecule has 1 saturated carbocycles. The Balaban J connectivity index is 1.31. The number of amides is 1. The van der Waals surface area contributed by atoms with Gasteiger partial charge in [0.2, 0.25) is 0 Å². The fraction of sp³-hybridized carbons (Fsp3) is 0.500. The summed E-state index contributed by atoms with van der Waals surface area (Å²) >= 11 is 0. The van der Waals surface area contributed by atoms with Crippen molar-refractivity contribution in [2.45, 2.75) is 62.8 Å². The van der Waals surface area contributed by atoms with E-state index in [0.717, 1.165) is 69.4 Å². The van der Waals surface area contributed by atoms with Crippen molar-refractivity contribution in [1.82, 2.24) is 5.32 Å². The Morgan fingerprint density at radius 1 is 1.03 bits per heavy atom. The molecule has 0 atom stereocenters. The summed E-state index contributed by atoms with van der Waals surface area (Å²) in [5.74, 6) is -0.577. The molecule has 0 aromatic heterocycles. The molecule has 34 heavy (non-hydrogen) atoms. The van der Waals surface area contributed by atoms with Gasteiger partial charge < -0.3 is 20.6 Å². The van der Waals surface area contributed by atoms with Gasteiger partial charge >= 0.3 is 6.18 Å². The zero-order valence-corrected chi connectivity index (χ0v) is 19.2. The van der Waals surface area contributed by atoms with Gasteiger partial charge in [-0.2, -0.15) is 13.2 Å². The Kier molecular flexibility index (Phi) is 7.48. The molecule has 1 aliphatic carbocycles. The maximum absolute atomic E-state index is 13.0. The van der Waals surface area contributed by atoms with Gasteiger partial charge in [0.1, 0.15) is 0 Å². The first-order chi connectivity index (χ1) is 16.2. The molecule has 8 heteroatoms. The molecule has 1 saturated heterocycles. The number of piperidine rings is 1. The second kappa shape index (κ2) is 10.4. The number of aliphatic hydroxyl groups is 1. The third kappa shape index (κ3) is 6.30. The van der Waals surface area contributed by atoms with Crippen molar-refractivity contribution in [3.63, 3.8) is 0 Å². The topological polar surface area (TPSA) is 64.6 Å². The number of carbonyl (C=O) groups excluding carboxylic acids is 1. The Hall–Kier alpha value is -2.58. The molecule has 2 fully saturated rings. The van der Waals surface area contributed by atoms with Crippen molar-refractivity contribution in [1.29, 1.82) is 0 Å². The fourth-order valence-corrected chi connectivity index (χ4v) is 4.88. The number of benzene rings is 2. The fourth-order valence-electron chi connectivity index (χ4n) is 4.88. The van der Waals surface area contributed by atoms with Crippen LogP contribution >= 0.6 is 0 Å². The van der Waals surface area contributed by atoms with Crippen LogP contribution in [0.1, 0.15) is 60.9 Å². The summed E-state index contributed by atoms with van der Waals surface area (Å²) in [5.41, 5.74) is 0.0558. The average molecular weight is 476 g/mol. The summed E-state index contributed by atoms with van der Waals surface area (Å²) in [6, 6.07) is 12.2. The lowest BCUT2D eigenvalue weighted by Crippen LogP contribution is -2.49. The van der Waals surface area contributed by atoms with E-state index in [0.29, 0.717) is 18.3 Å². The van der Waals surface area contributed by atoms with Crippen LogP contribution in [0.15, 0.2) is 48.5 Å². The first kappa shape index (κ1) is 24.5. The molecule has 4 rings (SSSR count). The minimum atomic E-state index is -4.49. The predicted octanol–water partition coefficient (Wildman–Crippen LogP) is 5.21. The van der Waals surface area contributed by atoms with E-state index >= 15 is 0 Å². The lowest BCUT2D eigenvalue weighted by molar-refractivity contribution is -0.137. The molecule has 1 amide bonds. The standard InChI is InChI=1S/C26H32F3N3O2/c27-26(28,29)20-7-4-6-19(16-20)24(33)31-22-8-5-9-23(17-22)32-14-10-21(11-15-32)30-18-25(34)12-2-1-3-13-25/h4-9,16-17,21,30,34H,1-3,10-15,18H2,(H,31,33).